The summed E-state index contributed by atoms with van der Waals surface area (Å²) in [4.78, 5) is 14.5. The lowest BCUT2D eigenvalue weighted by Crippen LogP contribution is -2.50. The van der Waals surface area contributed by atoms with Crippen LogP contribution in [0.3, 0.4) is 0 Å². The van der Waals surface area contributed by atoms with Crippen molar-refractivity contribution in [1.29, 1.82) is 0 Å². The molecule has 1 aliphatic heterocycles. The molecule has 0 saturated carbocycles. The van der Waals surface area contributed by atoms with Crippen molar-refractivity contribution in [2.24, 2.45) is 0 Å². The average Bonchev–Trinajstić information content (AvgIpc) is 2.56. The number of benzene rings is 1. The summed E-state index contributed by atoms with van der Waals surface area (Å²) in [7, 11) is -3.82. The SMILES string of the molecule is CC(C(=O)NCCN1CCOCC1)N(c1ccccc1F)S(C)(=O)=O. The summed E-state index contributed by atoms with van der Waals surface area (Å²) < 4.78 is 44.3. The van der Waals surface area contributed by atoms with E-state index in [-0.39, 0.29) is 5.69 Å². The third-order valence-electron chi connectivity index (χ3n) is 4.01. The smallest absolute Gasteiger partial charge is 0.243 e. The van der Waals surface area contributed by atoms with Gasteiger partial charge in [0.25, 0.3) is 0 Å². The molecule has 1 fully saturated rings. The Kier molecular flexibility index (Phi) is 6.74. The Balaban J connectivity index is 2.02. The molecule has 2 rings (SSSR count). The maximum Gasteiger partial charge on any atom is 0.243 e. The number of para-hydroxylation sites is 1. The Morgan fingerprint density at radius 3 is 2.60 bits per heavy atom. The lowest BCUT2D eigenvalue weighted by atomic mass is 10.2. The lowest BCUT2D eigenvalue weighted by molar-refractivity contribution is -0.121. The number of anilines is 1. The van der Waals surface area contributed by atoms with Gasteiger partial charge in [-0.15, -0.1) is 0 Å². The van der Waals surface area contributed by atoms with Crippen molar-refractivity contribution in [2.45, 2.75) is 13.0 Å². The summed E-state index contributed by atoms with van der Waals surface area (Å²) in [6, 6.07) is 4.44. The summed E-state index contributed by atoms with van der Waals surface area (Å²) in [5.41, 5.74) is -0.138. The number of carbonyl (C=O) groups excluding carboxylic acids is 1. The molecule has 0 spiro atoms. The molecule has 25 heavy (non-hydrogen) atoms. The summed E-state index contributed by atoms with van der Waals surface area (Å²) in [5, 5.41) is 2.72. The standard InChI is InChI=1S/C16H24FN3O4S/c1-13(16(21)18-7-8-19-9-11-24-12-10-19)20(25(2,22)23)15-6-4-3-5-14(15)17/h3-6,13H,7-12H2,1-2H3,(H,18,21). The topological polar surface area (TPSA) is 79.0 Å². The molecular formula is C16H24FN3O4S. The molecule has 1 unspecified atom stereocenters. The molecule has 1 atom stereocenters. The minimum atomic E-state index is -3.82. The normalized spacial score (nSPS) is 17.1. The molecule has 1 N–H and O–H groups in total. The third kappa shape index (κ3) is 5.38. The Bertz CT molecular complexity index is 692. The quantitative estimate of drug-likeness (QED) is 0.750. The second-order valence-electron chi connectivity index (χ2n) is 5.93. The second-order valence-corrected chi connectivity index (χ2v) is 7.79. The van der Waals surface area contributed by atoms with Gasteiger partial charge < -0.3 is 10.1 Å². The zero-order valence-electron chi connectivity index (χ0n) is 14.4. The van der Waals surface area contributed by atoms with E-state index in [9.17, 15) is 17.6 Å². The molecule has 1 aromatic rings. The number of amides is 1. The fraction of sp³-hybridized carbons (Fsp3) is 0.562. The molecule has 140 valence electrons. The van der Waals surface area contributed by atoms with Gasteiger partial charge in [-0.3, -0.25) is 14.0 Å². The van der Waals surface area contributed by atoms with Crippen LogP contribution in [0.2, 0.25) is 0 Å². The number of nitrogens with one attached hydrogen (secondary N) is 1. The van der Waals surface area contributed by atoms with E-state index < -0.39 is 27.8 Å². The molecule has 7 nitrogen and oxygen atoms in total. The predicted molar refractivity (Wildman–Crippen MR) is 93.5 cm³/mol. The Hall–Kier alpha value is -1.71. The minimum absolute atomic E-state index is 0.138. The minimum Gasteiger partial charge on any atom is -0.379 e. The Morgan fingerprint density at radius 1 is 1.36 bits per heavy atom. The van der Waals surface area contributed by atoms with Gasteiger partial charge >= 0.3 is 0 Å². The molecule has 1 aromatic carbocycles. The predicted octanol–water partition coefficient (Wildman–Crippen LogP) is 0.429. The second kappa shape index (κ2) is 8.59. The van der Waals surface area contributed by atoms with Gasteiger partial charge in [-0.1, -0.05) is 12.1 Å². The van der Waals surface area contributed by atoms with E-state index in [0.717, 1.165) is 29.7 Å². The van der Waals surface area contributed by atoms with Crippen LogP contribution in [0.1, 0.15) is 6.92 Å². The highest BCUT2D eigenvalue weighted by molar-refractivity contribution is 7.92. The first-order valence-corrected chi connectivity index (χ1v) is 9.97. The number of sulfonamides is 1. The summed E-state index contributed by atoms with van der Waals surface area (Å²) >= 11 is 0. The Labute approximate surface area is 147 Å². The van der Waals surface area contributed by atoms with E-state index in [4.69, 9.17) is 4.74 Å². The Morgan fingerprint density at radius 2 is 2.00 bits per heavy atom. The number of rotatable bonds is 7. The molecule has 0 aromatic heterocycles. The van der Waals surface area contributed by atoms with Gasteiger partial charge in [-0.2, -0.15) is 0 Å². The summed E-state index contributed by atoms with van der Waals surface area (Å²) in [6.07, 6.45) is 0.955. The fourth-order valence-corrected chi connectivity index (χ4v) is 3.90. The van der Waals surface area contributed by atoms with Gasteiger partial charge in [0.15, 0.2) is 0 Å². The van der Waals surface area contributed by atoms with E-state index in [1.54, 1.807) is 0 Å². The van der Waals surface area contributed by atoms with Gasteiger partial charge in [0.2, 0.25) is 15.9 Å². The van der Waals surface area contributed by atoms with E-state index in [1.807, 2.05) is 0 Å². The highest BCUT2D eigenvalue weighted by atomic mass is 32.2. The van der Waals surface area contributed by atoms with E-state index in [0.29, 0.717) is 26.3 Å². The van der Waals surface area contributed by atoms with Crippen LogP contribution in [-0.4, -0.2) is 70.9 Å². The first-order valence-electron chi connectivity index (χ1n) is 8.12. The van der Waals surface area contributed by atoms with E-state index in [2.05, 4.69) is 10.2 Å². The molecule has 1 amide bonds. The molecule has 0 radical (unpaired) electrons. The van der Waals surface area contributed by atoms with Gasteiger partial charge in [0.05, 0.1) is 25.2 Å². The molecule has 9 heteroatoms. The first kappa shape index (κ1) is 19.6. The fourth-order valence-electron chi connectivity index (χ4n) is 2.72. The number of halogens is 1. The zero-order chi connectivity index (χ0) is 18.4. The number of nitrogens with zero attached hydrogens (tertiary/aromatic N) is 2. The number of carbonyl (C=O) groups is 1. The van der Waals surface area contributed by atoms with Crippen molar-refractivity contribution in [2.75, 3.05) is 50.0 Å². The highest BCUT2D eigenvalue weighted by Crippen LogP contribution is 2.23. The molecule has 0 bridgehead atoms. The van der Waals surface area contributed by atoms with Gasteiger partial charge in [0, 0.05) is 26.2 Å². The van der Waals surface area contributed by atoms with Gasteiger partial charge in [-0.25, -0.2) is 12.8 Å². The van der Waals surface area contributed by atoms with Crippen molar-refractivity contribution in [3.63, 3.8) is 0 Å². The van der Waals surface area contributed by atoms with Crippen LogP contribution in [0.4, 0.5) is 10.1 Å². The maximum atomic E-state index is 14.0. The number of morpholine rings is 1. The van der Waals surface area contributed by atoms with Gasteiger partial charge in [-0.05, 0) is 19.1 Å². The van der Waals surface area contributed by atoms with Crippen molar-refractivity contribution >= 4 is 21.6 Å². The van der Waals surface area contributed by atoms with Crippen LogP contribution < -0.4 is 9.62 Å². The molecule has 1 saturated heterocycles. The van der Waals surface area contributed by atoms with Crippen LogP contribution in [0.25, 0.3) is 0 Å². The molecule has 1 aliphatic rings. The van der Waals surface area contributed by atoms with Crippen LogP contribution in [-0.2, 0) is 19.6 Å². The van der Waals surface area contributed by atoms with E-state index >= 15 is 0 Å². The number of hydrogen-bond acceptors (Lipinski definition) is 5. The molecule has 1 heterocycles. The molecule has 0 aliphatic carbocycles. The monoisotopic (exact) mass is 373 g/mol. The van der Waals surface area contributed by atoms with Crippen LogP contribution in [0.15, 0.2) is 24.3 Å². The summed E-state index contributed by atoms with van der Waals surface area (Å²) in [5.74, 6) is -1.16. The van der Waals surface area contributed by atoms with Gasteiger partial charge in [0.1, 0.15) is 11.9 Å². The van der Waals surface area contributed by atoms with Crippen LogP contribution in [0, 0.1) is 5.82 Å². The average molecular weight is 373 g/mol. The third-order valence-corrected chi connectivity index (χ3v) is 5.24. The molecular weight excluding hydrogens is 349 g/mol. The number of ether oxygens (including phenoxy) is 1. The van der Waals surface area contributed by atoms with Crippen LogP contribution in [0.5, 0.6) is 0 Å². The zero-order valence-corrected chi connectivity index (χ0v) is 15.3. The lowest BCUT2D eigenvalue weighted by Gasteiger charge is -2.29. The van der Waals surface area contributed by atoms with Crippen molar-refractivity contribution in [1.82, 2.24) is 10.2 Å². The largest absolute Gasteiger partial charge is 0.379 e. The van der Waals surface area contributed by atoms with Crippen LogP contribution >= 0.6 is 0 Å². The summed E-state index contributed by atoms with van der Waals surface area (Å²) in [6.45, 7) is 5.42. The van der Waals surface area contributed by atoms with Crippen molar-refractivity contribution in [3.05, 3.63) is 30.1 Å². The number of hydrogen-bond donors (Lipinski definition) is 1. The highest BCUT2D eigenvalue weighted by Gasteiger charge is 2.30. The first-order chi connectivity index (χ1) is 11.8. The van der Waals surface area contributed by atoms with Crippen molar-refractivity contribution in [3.8, 4) is 0 Å². The van der Waals surface area contributed by atoms with Crippen molar-refractivity contribution < 1.29 is 22.3 Å². The van der Waals surface area contributed by atoms with E-state index in [1.165, 1.54) is 25.1 Å². The maximum absolute atomic E-state index is 14.0.